The number of para-hydroxylation sites is 2. The maximum absolute atomic E-state index is 9.18. The molecule has 0 spiro atoms. The molecule has 250 valence electrons. The number of hydrogen-bond acceptors (Lipinski definition) is 3. The SMILES string of the molecule is N#Cc1ccc(-c2ccc(-c3ccc(-c4ccc(-c5cc6c7cc8ccccc8cc7sc6c6nc7ccccc7n56)cc4)c4ccccc34)cc2)cc1. The van der Waals surface area contributed by atoms with Gasteiger partial charge in [0.15, 0.2) is 5.65 Å². The molecule has 4 heteroatoms. The van der Waals surface area contributed by atoms with Gasteiger partial charge in [0, 0.05) is 15.5 Å². The smallest absolute Gasteiger partial charge is 0.156 e. The Morgan fingerprint density at radius 1 is 0.481 bits per heavy atom. The summed E-state index contributed by atoms with van der Waals surface area (Å²) in [6.07, 6.45) is 0. The van der Waals surface area contributed by atoms with Crippen LogP contribution in [0.1, 0.15) is 5.56 Å². The minimum absolute atomic E-state index is 0.670. The molecule has 11 rings (SSSR count). The summed E-state index contributed by atoms with van der Waals surface area (Å²) in [4.78, 5) is 5.22. The van der Waals surface area contributed by atoms with Crippen molar-refractivity contribution in [2.24, 2.45) is 0 Å². The summed E-state index contributed by atoms with van der Waals surface area (Å²) in [5, 5.41) is 16.7. The first-order chi connectivity index (χ1) is 26.7. The third-order valence-electron chi connectivity index (χ3n) is 10.8. The van der Waals surface area contributed by atoms with Gasteiger partial charge >= 0.3 is 0 Å². The van der Waals surface area contributed by atoms with Gasteiger partial charge in [-0.05, 0) is 103 Å². The highest BCUT2D eigenvalue weighted by atomic mass is 32.1. The molecular weight excluding hydrogens is 675 g/mol. The molecule has 0 aliphatic heterocycles. The standard InChI is InChI=1S/C50H29N3S/c51-30-31-13-15-32(16-14-31)33-17-19-34(20-18-33)39-25-26-40(42-10-4-3-9-41(39)42)35-21-23-36(24-22-35)47-29-44-43-27-37-7-1-2-8-38(37)28-48(43)54-49(44)50-52-45-11-5-6-12-46(45)53(47)50/h1-29H. The van der Waals surface area contributed by atoms with Gasteiger partial charge in [0.25, 0.3) is 0 Å². The first-order valence-corrected chi connectivity index (χ1v) is 18.9. The quantitative estimate of drug-likeness (QED) is 0.183. The molecule has 3 nitrogen and oxygen atoms in total. The number of thiophene rings is 1. The van der Waals surface area contributed by atoms with E-state index in [4.69, 9.17) is 4.98 Å². The zero-order valence-electron chi connectivity index (χ0n) is 29.0. The minimum atomic E-state index is 0.670. The molecule has 0 unspecified atom stereocenters. The van der Waals surface area contributed by atoms with Crippen LogP contribution < -0.4 is 0 Å². The van der Waals surface area contributed by atoms with Crippen LogP contribution >= 0.6 is 11.3 Å². The van der Waals surface area contributed by atoms with E-state index in [9.17, 15) is 5.26 Å². The van der Waals surface area contributed by atoms with Crippen molar-refractivity contribution in [3.8, 4) is 50.7 Å². The molecule has 0 radical (unpaired) electrons. The second-order valence-corrected chi connectivity index (χ2v) is 14.9. The number of fused-ring (bicyclic) bond motifs is 9. The van der Waals surface area contributed by atoms with Crippen LogP contribution in [0.5, 0.6) is 0 Å². The number of benzene rings is 8. The van der Waals surface area contributed by atoms with Crippen LogP contribution in [-0.4, -0.2) is 9.38 Å². The average molecular weight is 704 g/mol. The normalized spacial score (nSPS) is 11.7. The summed E-state index contributed by atoms with van der Waals surface area (Å²) in [6.45, 7) is 0. The first kappa shape index (κ1) is 30.6. The van der Waals surface area contributed by atoms with E-state index in [0.29, 0.717) is 5.56 Å². The Kier molecular flexibility index (Phi) is 6.79. The highest BCUT2D eigenvalue weighted by Gasteiger charge is 2.18. The largest absolute Gasteiger partial charge is 0.291 e. The molecule has 54 heavy (non-hydrogen) atoms. The van der Waals surface area contributed by atoms with E-state index in [1.165, 1.54) is 64.0 Å². The predicted octanol–water partition coefficient (Wildman–Crippen LogP) is 13.7. The highest BCUT2D eigenvalue weighted by molar-refractivity contribution is 7.26. The lowest BCUT2D eigenvalue weighted by molar-refractivity contribution is 1.25. The van der Waals surface area contributed by atoms with E-state index in [1.54, 1.807) is 0 Å². The fraction of sp³-hybridized carbons (Fsp3) is 0. The van der Waals surface area contributed by atoms with Crippen LogP contribution in [0.15, 0.2) is 176 Å². The summed E-state index contributed by atoms with van der Waals surface area (Å²) < 4.78 is 4.84. The molecular formula is C50H29N3S. The third-order valence-corrected chi connectivity index (χ3v) is 12.0. The molecule has 11 aromatic rings. The highest BCUT2D eigenvalue weighted by Crippen LogP contribution is 2.43. The van der Waals surface area contributed by atoms with Gasteiger partial charge in [-0.25, -0.2) is 4.98 Å². The third kappa shape index (κ3) is 4.77. The first-order valence-electron chi connectivity index (χ1n) is 18.1. The topological polar surface area (TPSA) is 41.1 Å². The molecule has 8 aromatic carbocycles. The predicted molar refractivity (Wildman–Crippen MR) is 227 cm³/mol. The van der Waals surface area contributed by atoms with Crippen LogP contribution in [0, 0.1) is 11.3 Å². The lowest BCUT2D eigenvalue weighted by Crippen LogP contribution is -1.93. The van der Waals surface area contributed by atoms with Crippen molar-refractivity contribution in [3.63, 3.8) is 0 Å². The second-order valence-electron chi connectivity index (χ2n) is 13.9. The van der Waals surface area contributed by atoms with E-state index in [1.807, 2.05) is 35.6 Å². The number of rotatable bonds is 4. The van der Waals surface area contributed by atoms with Gasteiger partial charge < -0.3 is 0 Å². The van der Waals surface area contributed by atoms with Gasteiger partial charge in [-0.2, -0.15) is 5.26 Å². The number of imidazole rings is 1. The summed E-state index contributed by atoms with van der Waals surface area (Å²) >= 11 is 1.83. The van der Waals surface area contributed by atoms with E-state index in [2.05, 4.69) is 162 Å². The molecule has 3 heterocycles. The molecule has 0 N–H and O–H groups in total. The summed E-state index contributed by atoms with van der Waals surface area (Å²) in [7, 11) is 0. The number of nitriles is 1. The molecule has 0 amide bonds. The molecule has 0 saturated carbocycles. The van der Waals surface area contributed by atoms with Gasteiger partial charge in [-0.1, -0.05) is 133 Å². The molecule has 0 aliphatic carbocycles. The minimum Gasteiger partial charge on any atom is -0.291 e. The number of pyridine rings is 1. The van der Waals surface area contributed by atoms with Crippen molar-refractivity contribution in [1.29, 1.82) is 5.26 Å². The van der Waals surface area contributed by atoms with Crippen LogP contribution in [0.2, 0.25) is 0 Å². The molecule has 0 fully saturated rings. The Balaban J connectivity index is 1.02. The second kappa shape index (κ2) is 12.0. The maximum Gasteiger partial charge on any atom is 0.156 e. The Hall–Kier alpha value is -7.06. The van der Waals surface area contributed by atoms with Crippen LogP contribution in [0.25, 0.3) is 103 Å². The van der Waals surface area contributed by atoms with Crippen molar-refractivity contribution in [2.45, 2.75) is 0 Å². The monoisotopic (exact) mass is 703 g/mol. The molecule has 0 saturated heterocycles. The Morgan fingerprint density at radius 2 is 1.04 bits per heavy atom. The number of hydrogen-bond donors (Lipinski definition) is 0. The van der Waals surface area contributed by atoms with E-state index < -0.39 is 0 Å². The number of aromatic nitrogens is 2. The van der Waals surface area contributed by atoms with Crippen LogP contribution in [0.4, 0.5) is 0 Å². The van der Waals surface area contributed by atoms with Gasteiger partial charge in [-0.15, -0.1) is 11.3 Å². The Bertz CT molecular complexity index is 3310. The molecule has 0 atom stereocenters. The van der Waals surface area contributed by atoms with Crippen LogP contribution in [-0.2, 0) is 0 Å². The van der Waals surface area contributed by atoms with Crippen molar-refractivity contribution in [3.05, 3.63) is 181 Å². The van der Waals surface area contributed by atoms with E-state index >= 15 is 0 Å². The van der Waals surface area contributed by atoms with Gasteiger partial charge in [-0.3, -0.25) is 4.40 Å². The fourth-order valence-electron chi connectivity index (χ4n) is 8.15. The summed E-state index contributed by atoms with van der Waals surface area (Å²) in [5.41, 5.74) is 13.1. The molecule has 0 aliphatic rings. The Morgan fingerprint density at radius 3 is 1.70 bits per heavy atom. The summed E-state index contributed by atoms with van der Waals surface area (Å²) in [6, 6.07) is 65.1. The molecule has 3 aromatic heterocycles. The number of nitrogens with zero attached hydrogens (tertiary/aromatic N) is 3. The summed E-state index contributed by atoms with van der Waals surface area (Å²) in [5.74, 6) is 0. The van der Waals surface area contributed by atoms with E-state index in [-0.39, 0.29) is 0 Å². The van der Waals surface area contributed by atoms with Crippen molar-refractivity contribution in [1.82, 2.24) is 9.38 Å². The zero-order valence-corrected chi connectivity index (χ0v) is 29.8. The van der Waals surface area contributed by atoms with Gasteiger partial charge in [0.05, 0.1) is 33.1 Å². The van der Waals surface area contributed by atoms with Crippen LogP contribution in [0.3, 0.4) is 0 Å². The zero-order chi connectivity index (χ0) is 35.8. The lowest BCUT2D eigenvalue weighted by Gasteiger charge is -2.14. The molecule has 0 bridgehead atoms. The lowest BCUT2D eigenvalue weighted by atomic mass is 9.91. The van der Waals surface area contributed by atoms with E-state index in [0.717, 1.165) is 39.1 Å². The van der Waals surface area contributed by atoms with Crippen molar-refractivity contribution in [2.75, 3.05) is 0 Å². The fourth-order valence-corrected chi connectivity index (χ4v) is 9.34. The van der Waals surface area contributed by atoms with Gasteiger partial charge in [0.1, 0.15) is 0 Å². The average Bonchev–Trinajstić information content (AvgIpc) is 3.81. The Labute approximate surface area is 315 Å². The van der Waals surface area contributed by atoms with Crippen molar-refractivity contribution < 1.29 is 0 Å². The van der Waals surface area contributed by atoms with Crippen molar-refractivity contribution >= 4 is 69.7 Å². The maximum atomic E-state index is 9.18. The van der Waals surface area contributed by atoms with Gasteiger partial charge in [0.2, 0.25) is 0 Å².